The topological polar surface area (TPSA) is 162 Å². The van der Waals surface area contributed by atoms with E-state index in [1.54, 1.807) is 0 Å². The summed E-state index contributed by atoms with van der Waals surface area (Å²) < 4.78 is 4.78. The Bertz CT molecular complexity index is 710. The molecule has 0 aromatic heterocycles. The normalized spacial score (nSPS) is 12.9. The molecule has 1 aromatic carbocycles. The zero-order valence-corrected chi connectivity index (χ0v) is 14.3. The van der Waals surface area contributed by atoms with Gasteiger partial charge in [0.25, 0.3) is 5.69 Å². The number of nitro benzene ring substituents is 1. The molecule has 25 heavy (non-hydrogen) atoms. The lowest BCUT2D eigenvalue weighted by Crippen LogP contribution is -2.55. The molecule has 1 aromatic rings. The summed E-state index contributed by atoms with van der Waals surface area (Å²) in [5.74, 6) is -2.98. The minimum absolute atomic E-state index is 0.0287. The SMILES string of the molecule is COCC(C)(NC(=O)CSc1ccc(C(N)=O)cc1[N+](=O)[O-])C(=O)O. The molecule has 0 aliphatic heterocycles. The molecular weight excluding hydrogens is 354 g/mol. The van der Waals surface area contributed by atoms with E-state index >= 15 is 0 Å². The molecule has 1 rings (SSSR count). The Labute approximate surface area is 146 Å². The number of nitrogens with one attached hydrogen (secondary N) is 1. The van der Waals surface area contributed by atoms with Crippen LogP contribution in [0.4, 0.5) is 5.69 Å². The van der Waals surface area contributed by atoms with Gasteiger partial charge >= 0.3 is 5.97 Å². The average Bonchev–Trinajstić information content (AvgIpc) is 2.52. The lowest BCUT2D eigenvalue weighted by Gasteiger charge is -2.25. The summed E-state index contributed by atoms with van der Waals surface area (Å²) in [5, 5.41) is 22.6. The highest BCUT2D eigenvalue weighted by Gasteiger charge is 2.35. The second kappa shape index (κ2) is 8.44. The fraction of sp³-hybridized carbons (Fsp3) is 0.357. The number of rotatable bonds is 9. The number of hydrogen-bond acceptors (Lipinski definition) is 7. The number of carbonyl (C=O) groups excluding carboxylic acids is 2. The maximum absolute atomic E-state index is 12.0. The number of ether oxygens (including phenoxy) is 1. The maximum Gasteiger partial charge on any atom is 0.331 e. The monoisotopic (exact) mass is 371 g/mol. The smallest absolute Gasteiger partial charge is 0.331 e. The fourth-order valence-corrected chi connectivity index (χ4v) is 2.67. The number of aliphatic carboxylic acids is 1. The van der Waals surface area contributed by atoms with Gasteiger partial charge in [-0.15, -0.1) is 11.8 Å². The molecule has 0 aliphatic rings. The van der Waals surface area contributed by atoms with Gasteiger partial charge in [-0.05, 0) is 19.1 Å². The number of methoxy groups -OCH3 is 1. The summed E-state index contributed by atoms with van der Waals surface area (Å²) >= 11 is 0.835. The zero-order valence-electron chi connectivity index (χ0n) is 13.5. The van der Waals surface area contributed by atoms with Crippen molar-refractivity contribution in [3.63, 3.8) is 0 Å². The molecule has 0 spiro atoms. The number of nitro groups is 1. The summed E-state index contributed by atoms with van der Waals surface area (Å²) in [6.07, 6.45) is 0. The van der Waals surface area contributed by atoms with Crippen LogP contribution in [0.3, 0.4) is 0 Å². The van der Waals surface area contributed by atoms with Crippen molar-refractivity contribution in [3.05, 3.63) is 33.9 Å². The molecule has 0 saturated heterocycles. The Morgan fingerprint density at radius 2 is 2.08 bits per heavy atom. The first-order valence-electron chi connectivity index (χ1n) is 6.85. The van der Waals surface area contributed by atoms with E-state index < -0.39 is 28.2 Å². The van der Waals surface area contributed by atoms with Crippen LogP contribution in [0, 0.1) is 10.1 Å². The van der Waals surface area contributed by atoms with E-state index in [0.29, 0.717) is 0 Å². The molecule has 1 atom stereocenters. The molecule has 0 saturated carbocycles. The third-order valence-electron chi connectivity index (χ3n) is 3.12. The van der Waals surface area contributed by atoms with E-state index in [2.05, 4.69) is 5.32 Å². The molecule has 10 nitrogen and oxygen atoms in total. The van der Waals surface area contributed by atoms with Crippen molar-refractivity contribution in [1.29, 1.82) is 0 Å². The zero-order chi connectivity index (χ0) is 19.2. The van der Waals surface area contributed by atoms with Gasteiger partial charge in [0.2, 0.25) is 11.8 Å². The van der Waals surface area contributed by atoms with E-state index in [9.17, 15) is 24.5 Å². The van der Waals surface area contributed by atoms with E-state index in [-0.39, 0.29) is 28.5 Å². The number of carbonyl (C=O) groups is 3. The Balaban J connectivity index is 2.87. The number of nitrogens with zero attached hydrogens (tertiary/aromatic N) is 1. The minimum Gasteiger partial charge on any atom is -0.479 e. The quantitative estimate of drug-likeness (QED) is 0.319. The van der Waals surface area contributed by atoms with Crippen LogP contribution in [0.25, 0.3) is 0 Å². The molecular formula is C14H17N3O7S. The summed E-state index contributed by atoms with van der Waals surface area (Å²) in [6, 6.07) is 3.64. The number of nitrogens with two attached hydrogens (primary N) is 1. The summed E-state index contributed by atoms with van der Waals surface area (Å²) in [7, 11) is 1.30. The largest absolute Gasteiger partial charge is 0.479 e. The van der Waals surface area contributed by atoms with Crippen LogP contribution >= 0.6 is 11.8 Å². The number of benzene rings is 1. The lowest BCUT2D eigenvalue weighted by molar-refractivity contribution is -0.387. The molecule has 136 valence electrons. The van der Waals surface area contributed by atoms with Gasteiger partial charge in [-0.3, -0.25) is 19.7 Å². The number of amides is 2. The van der Waals surface area contributed by atoms with E-state index in [1.807, 2.05) is 0 Å². The molecule has 0 radical (unpaired) electrons. The number of thioether (sulfide) groups is 1. The van der Waals surface area contributed by atoms with Crippen LogP contribution in [0.15, 0.2) is 23.1 Å². The van der Waals surface area contributed by atoms with Crippen LogP contribution in [0.2, 0.25) is 0 Å². The first kappa shape index (κ1) is 20.4. The Morgan fingerprint density at radius 3 is 2.56 bits per heavy atom. The predicted octanol–water partition coefficient (Wildman–Crippen LogP) is 0.392. The number of carboxylic acids is 1. The van der Waals surface area contributed by atoms with Crippen LogP contribution in [0.5, 0.6) is 0 Å². The molecule has 0 aliphatic carbocycles. The van der Waals surface area contributed by atoms with Gasteiger partial charge in [-0.2, -0.15) is 0 Å². The molecule has 11 heteroatoms. The molecule has 2 amide bonds. The molecule has 0 fully saturated rings. The van der Waals surface area contributed by atoms with Crippen molar-refractivity contribution in [3.8, 4) is 0 Å². The van der Waals surface area contributed by atoms with Gasteiger partial charge in [0.05, 0.1) is 22.2 Å². The number of primary amides is 1. The highest BCUT2D eigenvalue weighted by atomic mass is 32.2. The second-order valence-corrected chi connectivity index (χ2v) is 6.23. The molecule has 0 heterocycles. The Morgan fingerprint density at radius 1 is 1.44 bits per heavy atom. The summed E-state index contributed by atoms with van der Waals surface area (Å²) in [6.45, 7) is 1.04. The van der Waals surface area contributed by atoms with Crippen molar-refractivity contribution in [2.75, 3.05) is 19.5 Å². The van der Waals surface area contributed by atoms with Crippen LogP contribution in [-0.4, -0.2) is 52.8 Å². The van der Waals surface area contributed by atoms with Crippen molar-refractivity contribution in [1.82, 2.24) is 5.32 Å². The standard InChI is InChI=1S/C14H17N3O7S/c1-14(7-24-2,13(20)21)16-11(18)6-25-10-4-3-8(12(15)19)5-9(10)17(22)23/h3-5H,6-7H2,1-2H3,(H2,15,19)(H,16,18)(H,20,21). The van der Waals surface area contributed by atoms with E-state index in [4.69, 9.17) is 15.6 Å². The third kappa shape index (κ3) is 5.43. The molecule has 4 N–H and O–H groups in total. The first-order valence-corrected chi connectivity index (χ1v) is 7.83. The van der Waals surface area contributed by atoms with Gasteiger partial charge in [0.15, 0.2) is 5.54 Å². The maximum atomic E-state index is 12.0. The van der Waals surface area contributed by atoms with Crippen LogP contribution < -0.4 is 11.1 Å². The Kier molecular flexibility index (Phi) is 6.88. The third-order valence-corrected chi connectivity index (χ3v) is 4.18. The second-order valence-electron chi connectivity index (χ2n) is 5.21. The summed E-state index contributed by atoms with van der Waals surface area (Å²) in [4.78, 5) is 44.8. The highest BCUT2D eigenvalue weighted by Crippen LogP contribution is 2.30. The predicted molar refractivity (Wildman–Crippen MR) is 88.4 cm³/mol. The summed E-state index contributed by atoms with van der Waals surface area (Å²) in [5.41, 5.74) is 3.07. The van der Waals surface area contributed by atoms with Gasteiger partial charge in [0, 0.05) is 18.7 Å². The van der Waals surface area contributed by atoms with Gasteiger partial charge < -0.3 is 20.9 Å². The van der Waals surface area contributed by atoms with Gasteiger partial charge in [-0.1, -0.05) is 0 Å². The first-order chi connectivity index (χ1) is 11.6. The van der Waals surface area contributed by atoms with Gasteiger partial charge in [0.1, 0.15) is 0 Å². The van der Waals surface area contributed by atoms with Crippen molar-refractivity contribution < 1.29 is 29.2 Å². The van der Waals surface area contributed by atoms with E-state index in [1.165, 1.54) is 26.2 Å². The van der Waals surface area contributed by atoms with Gasteiger partial charge in [-0.25, -0.2) is 4.79 Å². The molecule has 0 bridgehead atoms. The molecule has 1 unspecified atom stereocenters. The number of carboxylic acid groups (broad SMARTS) is 1. The lowest BCUT2D eigenvalue weighted by atomic mass is 10.0. The fourth-order valence-electron chi connectivity index (χ4n) is 1.86. The average molecular weight is 371 g/mol. The van der Waals surface area contributed by atoms with Crippen molar-refractivity contribution in [2.45, 2.75) is 17.4 Å². The van der Waals surface area contributed by atoms with Crippen molar-refractivity contribution in [2.24, 2.45) is 5.73 Å². The highest BCUT2D eigenvalue weighted by molar-refractivity contribution is 8.00. The number of hydrogen-bond donors (Lipinski definition) is 3. The van der Waals surface area contributed by atoms with E-state index in [0.717, 1.165) is 17.8 Å². The minimum atomic E-state index is -1.62. The van der Waals surface area contributed by atoms with Crippen LogP contribution in [-0.2, 0) is 14.3 Å². The van der Waals surface area contributed by atoms with Crippen LogP contribution in [0.1, 0.15) is 17.3 Å². The van der Waals surface area contributed by atoms with Crippen molar-refractivity contribution >= 4 is 35.2 Å². The Hall–Kier alpha value is -2.66.